The van der Waals surface area contributed by atoms with Gasteiger partial charge in [-0.1, -0.05) is 25.5 Å². The number of amides is 1. The number of benzene rings is 1. The lowest BCUT2D eigenvalue weighted by molar-refractivity contribution is -0.119. The van der Waals surface area contributed by atoms with Crippen LogP contribution in [0.5, 0.6) is 0 Å². The maximum absolute atomic E-state index is 11.0. The van der Waals surface area contributed by atoms with E-state index in [1.165, 1.54) is 5.56 Å². The predicted molar refractivity (Wildman–Crippen MR) is 79.7 cm³/mol. The molecule has 0 unspecified atom stereocenters. The number of nitrogen functional groups attached to an aromatic ring is 1. The Morgan fingerprint density at radius 1 is 1.26 bits per heavy atom. The largest absolute Gasteiger partial charge is 0.399 e. The molecule has 0 aromatic heterocycles. The number of nitrogens with zero attached hydrogens (tertiary/aromatic N) is 1. The van der Waals surface area contributed by atoms with Crippen molar-refractivity contribution in [3.63, 3.8) is 0 Å². The van der Waals surface area contributed by atoms with Gasteiger partial charge in [0.15, 0.2) is 0 Å². The summed E-state index contributed by atoms with van der Waals surface area (Å²) in [6.07, 6.45) is 4.23. The third kappa shape index (κ3) is 6.82. The SMILES string of the molecule is CCCCN(CCCc1cccc(N)c1)CC(N)=O. The summed E-state index contributed by atoms with van der Waals surface area (Å²) in [4.78, 5) is 13.2. The van der Waals surface area contributed by atoms with Gasteiger partial charge in [-0.3, -0.25) is 9.69 Å². The molecule has 4 N–H and O–H groups in total. The van der Waals surface area contributed by atoms with E-state index in [0.29, 0.717) is 6.54 Å². The first-order valence-electron chi connectivity index (χ1n) is 6.97. The Balaban J connectivity index is 2.36. The molecule has 0 aliphatic carbocycles. The van der Waals surface area contributed by atoms with E-state index in [1.54, 1.807) is 0 Å². The number of anilines is 1. The van der Waals surface area contributed by atoms with E-state index in [4.69, 9.17) is 11.5 Å². The Morgan fingerprint density at radius 2 is 2.00 bits per heavy atom. The van der Waals surface area contributed by atoms with Gasteiger partial charge in [-0.25, -0.2) is 0 Å². The molecule has 0 aliphatic heterocycles. The molecule has 4 heteroatoms. The summed E-state index contributed by atoms with van der Waals surface area (Å²) in [5.74, 6) is -0.250. The van der Waals surface area contributed by atoms with Gasteiger partial charge >= 0.3 is 0 Å². The van der Waals surface area contributed by atoms with E-state index in [0.717, 1.165) is 44.5 Å². The lowest BCUT2D eigenvalue weighted by atomic mass is 10.1. The van der Waals surface area contributed by atoms with Crippen molar-refractivity contribution >= 4 is 11.6 Å². The van der Waals surface area contributed by atoms with Crippen LogP contribution >= 0.6 is 0 Å². The number of nitrogens with two attached hydrogens (primary N) is 2. The van der Waals surface area contributed by atoms with Crippen LogP contribution in [0.2, 0.25) is 0 Å². The molecule has 4 nitrogen and oxygen atoms in total. The van der Waals surface area contributed by atoms with Crippen LogP contribution < -0.4 is 11.5 Å². The Hall–Kier alpha value is -1.55. The summed E-state index contributed by atoms with van der Waals surface area (Å²) in [7, 11) is 0. The van der Waals surface area contributed by atoms with Crippen LogP contribution in [0.4, 0.5) is 5.69 Å². The Kier molecular flexibility index (Phi) is 6.97. The number of aryl methyl sites for hydroxylation is 1. The summed E-state index contributed by atoms with van der Waals surface area (Å²) >= 11 is 0. The van der Waals surface area contributed by atoms with E-state index in [2.05, 4.69) is 17.9 Å². The summed E-state index contributed by atoms with van der Waals surface area (Å²) in [5, 5.41) is 0. The molecule has 106 valence electrons. The molecule has 1 amide bonds. The van der Waals surface area contributed by atoms with Gasteiger partial charge in [0.2, 0.25) is 5.91 Å². The zero-order chi connectivity index (χ0) is 14.1. The highest BCUT2D eigenvalue weighted by Gasteiger charge is 2.07. The average Bonchev–Trinajstić information content (AvgIpc) is 2.35. The molecule has 0 radical (unpaired) electrons. The molecule has 0 atom stereocenters. The minimum Gasteiger partial charge on any atom is -0.399 e. The molecule has 0 bridgehead atoms. The molecular formula is C15H25N3O. The number of primary amides is 1. The fraction of sp³-hybridized carbons (Fsp3) is 0.533. The molecule has 1 rings (SSSR count). The first-order valence-corrected chi connectivity index (χ1v) is 6.97. The molecule has 1 aromatic carbocycles. The van der Waals surface area contributed by atoms with Gasteiger partial charge in [0.1, 0.15) is 0 Å². The van der Waals surface area contributed by atoms with Crippen LogP contribution in [0, 0.1) is 0 Å². The summed E-state index contributed by atoms with van der Waals surface area (Å²) in [6, 6.07) is 7.96. The minimum absolute atomic E-state index is 0.250. The molecule has 0 saturated carbocycles. The molecule has 0 saturated heterocycles. The second-order valence-corrected chi connectivity index (χ2v) is 4.94. The highest BCUT2D eigenvalue weighted by molar-refractivity contribution is 5.75. The summed E-state index contributed by atoms with van der Waals surface area (Å²) < 4.78 is 0. The fourth-order valence-corrected chi connectivity index (χ4v) is 2.13. The highest BCUT2D eigenvalue weighted by Crippen LogP contribution is 2.09. The number of unbranched alkanes of at least 4 members (excludes halogenated alkanes) is 1. The average molecular weight is 263 g/mol. The predicted octanol–water partition coefficient (Wildman–Crippen LogP) is 1.79. The van der Waals surface area contributed by atoms with Crippen LogP contribution in [0.3, 0.4) is 0 Å². The number of carbonyl (C=O) groups excluding carboxylic acids is 1. The van der Waals surface area contributed by atoms with Gasteiger partial charge in [0.05, 0.1) is 6.54 Å². The number of carbonyl (C=O) groups is 1. The quantitative estimate of drug-likeness (QED) is 0.667. The minimum atomic E-state index is -0.250. The van der Waals surface area contributed by atoms with E-state index in [9.17, 15) is 4.79 Å². The molecule has 0 fully saturated rings. The third-order valence-corrected chi connectivity index (χ3v) is 3.10. The van der Waals surface area contributed by atoms with Gasteiger partial charge in [-0.15, -0.1) is 0 Å². The van der Waals surface area contributed by atoms with Gasteiger partial charge in [0.25, 0.3) is 0 Å². The third-order valence-electron chi connectivity index (χ3n) is 3.10. The Morgan fingerprint density at radius 3 is 2.63 bits per heavy atom. The van der Waals surface area contributed by atoms with Crippen LogP contribution in [-0.4, -0.2) is 30.4 Å². The van der Waals surface area contributed by atoms with Gasteiger partial charge in [0, 0.05) is 5.69 Å². The first-order chi connectivity index (χ1) is 9.11. The summed E-state index contributed by atoms with van der Waals surface area (Å²) in [5.41, 5.74) is 13.1. The van der Waals surface area contributed by atoms with Crippen molar-refractivity contribution < 1.29 is 4.79 Å². The lowest BCUT2D eigenvalue weighted by Crippen LogP contribution is -2.35. The van der Waals surface area contributed by atoms with E-state index in [-0.39, 0.29) is 5.91 Å². The van der Waals surface area contributed by atoms with Crippen molar-refractivity contribution in [2.45, 2.75) is 32.6 Å². The zero-order valence-electron chi connectivity index (χ0n) is 11.8. The van der Waals surface area contributed by atoms with Crippen LogP contribution in [0.1, 0.15) is 31.7 Å². The molecule has 0 spiro atoms. The van der Waals surface area contributed by atoms with Crippen molar-refractivity contribution in [2.75, 3.05) is 25.4 Å². The van der Waals surface area contributed by atoms with E-state index >= 15 is 0 Å². The van der Waals surface area contributed by atoms with Crippen LogP contribution in [-0.2, 0) is 11.2 Å². The molecule has 0 aliphatic rings. The van der Waals surface area contributed by atoms with Gasteiger partial charge in [-0.2, -0.15) is 0 Å². The second kappa shape index (κ2) is 8.53. The Bertz CT molecular complexity index is 393. The number of hydrogen-bond donors (Lipinski definition) is 2. The van der Waals surface area contributed by atoms with Gasteiger partial charge < -0.3 is 11.5 Å². The summed E-state index contributed by atoms with van der Waals surface area (Å²) in [6.45, 7) is 4.35. The van der Waals surface area contributed by atoms with Crippen molar-refractivity contribution in [3.8, 4) is 0 Å². The maximum Gasteiger partial charge on any atom is 0.231 e. The smallest absolute Gasteiger partial charge is 0.231 e. The zero-order valence-corrected chi connectivity index (χ0v) is 11.8. The highest BCUT2D eigenvalue weighted by atomic mass is 16.1. The molecule has 19 heavy (non-hydrogen) atoms. The second-order valence-electron chi connectivity index (χ2n) is 4.94. The van der Waals surface area contributed by atoms with Crippen molar-refractivity contribution in [1.29, 1.82) is 0 Å². The molecule has 0 heterocycles. The topological polar surface area (TPSA) is 72.3 Å². The normalized spacial score (nSPS) is 10.8. The lowest BCUT2D eigenvalue weighted by Gasteiger charge is -2.20. The van der Waals surface area contributed by atoms with E-state index in [1.807, 2.05) is 18.2 Å². The Labute approximate surface area is 115 Å². The maximum atomic E-state index is 11.0. The number of hydrogen-bond acceptors (Lipinski definition) is 3. The standard InChI is InChI=1S/C15H25N3O/c1-2-3-9-18(12-15(17)19)10-5-7-13-6-4-8-14(16)11-13/h4,6,8,11H,2-3,5,7,9-10,12,16H2,1H3,(H2,17,19). The molecule has 1 aromatic rings. The van der Waals surface area contributed by atoms with Crippen LogP contribution in [0.15, 0.2) is 24.3 Å². The fourth-order valence-electron chi connectivity index (χ4n) is 2.13. The van der Waals surface area contributed by atoms with E-state index < -0.39 is 0 Å². The monoisotopic (exact) mass is 263 g/mol. The van der Waals surface area contributed by atoms with Crippen molar-refractivity contribution in [3.05, 3.63) is 29.8 Å². The van der Waals surface area contributed by atoms with Crippen LogP contribution in [0.25, 0.3) is 0 Å². The first kappa shape index (κ1) is 15.5. The van der Waals surface area contributed by atoms with Gasteiger partial charge in [-0.05, 0) is 50.0 Å². The van der Waals surface area contributed by atoms with Crippen molar-refractivity contribution in [2.24, 2.45) is 5.73 Å². The van der Waals surface area contributed by atoms with Crippen molar-refractivity contribution in [1.82, 2.24) is 4.90 Å². The molecular weight excluding hydrogens is 238 g/mol. The number of rotatable bonds is 9.